The molecule has 4 aromatic rings. The Hall–Kier alpha value is -3.38. The zero-order valence-corrected chi connectivity index (χ0v) is 22.1. The van der Waals surface area contributed by atoms with Crippen molar-refractivity contribution in [3.05, 3.63) is 94.9 Å². The topological polar surface area (TPSA) is 110 Å². The Labute approximate surface area is 226 Å². The number of halogens is 3. The minimum atomic E-state index is -4.53. The number of aryl methyl sites for hydroxylation is 1. The van der Waals surface area contributed by atoms with Gasteiger partial charge in [-0.05, 0) is 79.1 Å². The average Bonchev–Trinajstić information content (AvgIpc) is 3.32. The van der Waals surface area contributed by atoms with Gasteiger partial charge in [0.15, 0.2) is 4.90 Å². The largest absolute Gasteiger partial charge is 0.611 e. The number of nitrogens with zero attached hydrogens (tertiary/aromatic N) is 2. The zero-order chi connectivity index (χ0) is 28.3. The molecule has 2 aromatic carbocycles. The van der Waals surface area contributed by atoms with Crippen molar-refractivity contribution >= 4 is 28.0 Å². The summed E-state index contributed by atoms with van der Waals surface area (Å²) in [5, 5.41) is 24.3. The molecule has 0 saturated heterocycles. The molecule has 0 aliphatic heterocycles. The second-order valence-corrected chi connectivity index (χ2v) is 10.6. The first-order chi connectivity index (χ1) is 18.6. The quantitative estimate of drug-likeness (QED) is 0.257. The van der Waals surface area contributed by atoms with Crippen LogP contribution in [-0.2, 0) is 23.9 Å². The number of carbonyl (C=O) groups is 1. The zero-order valence-electron chi connectivity index (χ0n) is 21.3. The number of rotatable bonds is 9. The molecule has 0 fully saturated rings. The summed E-state index contributed by atoms with van der Waals surface area (Å²) in [5.41, 5.74) is 1.31. The lowest BCUT2D eigenvalue weighted by molar-refractivity contribution is -0.137. The summed E-state index contributed by atoms with van der Waals surface area (Å²) in [4.78, 5) is 17.5. The molecule has 0 bridgehead atoms. The number of hydrogen-bond donors (Lipinski definition) is 3. The predicted molar refractivity (Wildman–Crippen MR) is 142 cm³/mol. The molecule has 0 saturated carbocycles. The molecule has 206 valence electrons. The summed E-state index contributed by atoms with van der Waals surface area (Å²) >= 11 is -1.11. The maximum atomic E-state index is 13.1. The van der Waals surface area contributed by atoms with Crippen LogP contribution in [-0.4, -0.2) is 42.6 Å². The lowest BCUT2D eigenvalue weighted by Crippen LogP contribution is -2.30. The first-order valence-electron chi connectivity index (χ1n) is 12.3. The van der Waals surface area contributed by atoms with E-state index in [1.54, 1.807) is 53.1 Å². The summed E-state index contributed by atoms with van der Waals surface area (Å²) in [6.07, 6.45) is -5.12. The summed E-state index contributed by atoms with van der Waals surface area (Å²) in [5.74, 6) is 0.0642. The number of amides is 1. The Morgan fingerprint density at radius 2 is 1.82 bits per heavy atom. The Morgan fingerprint density at radius 3 is 2.38 bits per heavy atom. The summed E-state index contributed by atoms with van der Waals surface area (Å²) < 4.78 is 52.5. The monoisotopic (exact) mass is 559 g/mol. The van der Waals surface area contributed by atoms with Crippen LogP contribution in [0.15, 0.2) is 71.8 Å². The van der Waals surface area contributed by atoms with Crippen LogP contribution in [0.25, 0.3) is 10.9 Å². The normalized spacial score (nSPS) is 14.3. The first kappa shape index (κ1) is 28.6. The van der Waals surface area contributed by atoms with Crippen molar-refractivity contribution in [2.24, 2.45) is 0 Å². The highest BCUT2D eigenvalue weighted by Gasteiger charge is 2.31. The van der Waals surface area contributed by atoms with Crippen LogP contribution in [0.5, 0.6) is 0 Å². The number of nitrogens with one attached hydrogen (secondary N) is 1. The van der Waals surface area contributed by atoms with Gasteiger partial charge in [-0.1, -0.05) is 12.1 Å². The average molecular weight is 560 g/mol. The van der Waals surface area contributed by atoms with E-state index < -0.39 is 41.0 Å². The number of fused-ring (bicyclic) bond motifs is 1. The highest BCUT2D eigenvalue weighted by atomic mass is 32.2. The van der Waals surface area contributed by atoms with Crippen LogP contribution in [0, 0.1) is 0 Å². The number of pyridine rings is 1. The lowest BCUT2D eigenvalue weighted by Gasteiger charge is -2.18. The minimum absolute atomic E-state index is 0.0676. The number of hydrogen-bond acceptors (Lipinski definition) is 5. The van der Waals surface area contributed by atoms with Gasteiger partial charge in [-0.3, -0.25) is 9.78 Å². The Morgan fingerprint density at radius 1 is 1.10 bits per heavy atom. The van der Waals surface area contributed by atoms with Gasteiger partial charge in [0.05, 0.1) is 29.6 Å². The van der Waals surface area contributed by atoms with Gasteiger partial charge in [-0.15, -0.1) is 0 Å². The molecule has 0 spiro atoms. The number of carbonyl (C=O) groups excluding carboxylic acids is 1. The van der Waals surface area contributed by atoms with Gasteiger partial charge in [-0.25, -0.2) is 0 Å². The number of benzene rings is 2. The van der Waals surface area contributed by atoms with Crippen LogP contribution in [0.3, 0.4) is 0 Å². The van der Waals surface area contributed by atoms with Gasteiger partial charge in [0, 0.05) is 29.2 Å². The van der Waals surface area contributed by atoms with E-state index >= 15 is 0 Å². The fourth-order valence-corrected chi connectivity index (χ4v) is 5.17. The summed E-state index contributed by atoms with van der Waals surface area (Å²) in [6.45, 7) is 3.81. The van der Waals surface area contributed by atoms with E-state index in [2.05, 4.69) is 10.3 Å². The number of aliphatic hydroxyl groups excluding tert-OH is 2. The molecule has 2 aromatic heterocycles. The molecule has 3 atom stereocenters. The molecule has 3 N–H and O–H groups in total. The molecule has 0 aliphatic carbocycles. The van der Waals surface area contributed by atoms with Crippen molar-refractivity contribution in [1.29, 1.82) is 0 Å². The van der Waals surface area contributed by atoms with Crippen LogP contribution in [0.2, 0.25) is 0 Å². The molecule has 11 heteroatoms. The fraction of sp³-hybridized carbons (Fsp3) is 0.286. The third-order valence-corrected chi connectivity index (χ3v) is 7.80. The minimum Gasteiger partial charge on any atom is -0.611 e. The first-order valence-corrected chi connectivity index (χ1v) is 13.6. The molecule has 4 rings (SSSR count). The molecule has 39 heavy (non-hydrogen) atoms. The maximum absolute atomic E-state index is 13.1. The van der Waals surface area contributed by atoms with Gasteiger partial charge in [0.25, 0.3) is 5.91 Å². The van der Waals surface area contributed by atoms with Crippen LogP contribution >= 0.6 is 0 Å². The van der Waals surface area contributed by atoms with Crippen molar-refractivity contribution in [1.82, 2.24) is 14.9 Å². The molecular formula is C28H28F3N3O4S. The second-order valence-electron chi connectivity index (χ2n) is 8.87. The molecule has 7 nitrogen and oxygen atoms in total. The van der Waals surface area contributed by atoms with E-state index in [-0.39, 0.29) is 12.3 Å². The molecule has 1 amide bonds. The smallest absolute Gasteiger partial charge is 0.417 e. The van der Waals surface area contributed by atoms with Gasteiger partial charge in [0.1, 0.15) is 11.9 Å². The number of aromatic nitrogens is 2. The van der Waals surface area contributed by atoms with Gasteiger partial charge >= 0.3 is 6.18 Å². The molecule has 0 aliphatic rings. The molecular weight excluding hydrogens is 531 g/mol. The van der Waals surface area contributed by atoms with Crippen molar-refractivity contribution in [3.8, 4) is 0 Å². The van der Waals surface area contributed by atoms with Gasteiger partial charge in [0.2, 0.25) is 0 Å². The van der Waals surface area contributed by atoms with Crippen LogP contribution in [0.1, 0.15) is 58.9 Å². The SMILES string of the molecule is CCn1c(C(O)c2ccc(C(F)(F)F)cn2)cc2cc(C(=O)NC(CO)c3ccc([S+]([O-])CC)cc3)ccc21. The third kappa shape index (κ3) is 6.11. The van der Waals surface area contributed by atoms with Crippen LogP contribution in [0.4, 0.5) is 13.2 Å². The Balaban J connectivity index is 1.57. The van der Waals surface area contributed by atoms with Crippen molar-refractivity contribution in [2.45, 2.75) is 43.6 Å². The van der Waals surface area contributed by atoms with E-state index in [0.717, 1.165) is 17.6 Å². The molecule has 3 unspecified atom stereocenters. The van der Waals surface area contributed by atoms with Crippen molar-refractivity contribution in [2.75, 3.05) is 12.4 Å². The second kappa shape index (κ2) is 11.8. The van der Waals surface area contributed by atoms with Crippen molar-refractivity contribution in [3.63, 3.8) is 0 Å². The van der Waals surface area contributed by atoms with Gasteiger partial charge < -0.3 is 24.6 Å². The highest BCUT2D eigenvalue weighted by molar-refractivity contribution is 7.91. The standard InChI is InChI=1S/C28H28F3N3O4S/c1-3-34-24-12-7-18(27(37)33-23(16-35)17-5-9-21(10-6-17)39(38)4-2)13-19(24)14-25(34)26(36)22-11-8-20(15-32-22)28(29,30)31/h5-15,23,26,35-36H,3-4,16H2,1-2H3,(H,33,37). The highest BCUT2D eigenvalue weighted by Crippen LogP contribution is 2.32. The van der Waals surface area contributed by atoms with E-state index in [1.807, 2.05) is 13.8 Å². The van der Waals surface area contributed by atoms with E-state index in [9.17, 15) is 32.7 Å². The number of alkyl halides is 3. The number of aliphatic hydroxyl groups is 2. The predicted octanol–water partition coefficient (Wildman–Crippen LogP) is 4.75. The summed E-state index contributed by atoms with van der Waals surface area (Å²) in [7, 11) is 0. The van der Waals surface area contributed by atoms with Crippen LogP contribution < -0.4 is 5.32 Å². The van der Waals surface area contributed by atoms with E-state index in [4.69, 9.17) is 0 Å². The Bertz CT molecular complexity index is 1440. The summed E-state index contributed by atoms with van der Waals surface area (Å²) in [6, 6.07) is 14.9. The van der Waals surface area contributed by atoms with Crippen molar-refractivity contribution < 1.29 is 32.7 Å². The molecule has 2 heterocycles. The third-order valence-electron chi connectivity index (χ3n) is 6.48. The van der Waals surface area contributed by atoms with E-state index in [1.165, 1.54) is 0 Å². The molecule has 0 radical (unpaired) electrons. The maximum Gasteiger partial charge on any atom is 0.417 e. The van der Waals surface area contributed by atoms with Gasteiger partial charge in [-0.2, -0.15) is 13.2 Å². The Kier molecular flexibility index (Phi) is 8.65. The fourth-order valence-electron chi connectivity index (χ4n) is 4.39. The lowest BCUT2D eigenvalue weighted by atomic mass is 10.1. The van der Waals surface area contributed by atoms with E-state index in [0.29, 0.717) is 45.6 Å².